The van der Waals surface area contributed by atoms with Crippen LogP contribution in [0.2, 0.25) is 0 Å². The number of nitrogens with one attached hydrogen (secondary N) is 2. The zero-order valence-electron chi connectivity index (χ0n) is 17.2. The molecule has 3 aromatic carbocycles. The lowest BCUT2D eigenvalue weighted by molar-refractivity contribution is -0.123. The lowest BCUT2D eigenvalue weighted by Crippen LogP contribution is -2.28. The highest BCUT2D eigenvalue weighted by atomic mass is 16.5. The van der Waals surface area contributed by atoms with Crippen LogP contribution < -0.4 is 15.4 Å². The molecule has 2 N–H and O–H groups in total. The molecule has 0 atom stereocenters. The van der Waals surface area contributed by atoms with Gasteiger partial charge in [0.25, 0.3) is 11.8 Å². The monoisotopic (exact) mass is 424 g/mol. The maximum atomic E-state index is 12.3. The van der Waals surface area contributed by atoms with Gasteiger partial charge < -0.3 is 15.4 Å². The molecular weight excluding hydrogens is 404 g/mol. The number of nitriles is 2. The molecule has 3 rings (SSSR count). The molecule has 0 aromatic heterocycles. The van der Waals surface area contributed by atoms with E-state index in [1.165, 1.54) is 0 Å². The predicted octanol–water partition coefficient (Wildman–Crippen LogP) is 3.06. The molecule has 0 aliphatic rings. The van der Waals surface area contributed by atoms with Crippen molar-refractivity contribution in [2.45, 2.75) is 13.1 Å². The molecule has 32 heavy (non-hydrogen) atoms. The molecule has 0 heterocycles. The quantitative estimate of drug-likeness (QED) is 0.577. The lowest BCUT2D eigenvalue weighted by Gasteiger charge is -2.09. The van der Waals surface area contributed by atoms with Gasteiger partial charge in [0.15, 0.2) is 6.61 Å². The molecule has 7 nitrogen and oxygen atoms in total. The van der Waals surface area contributed by atoms with Crippen molar-refractivity contribution in [2.75, 3.05) is 6.61 Å². The van der Waals surface area contributed by atoms with E-state index in [0.717, 1.165) is 11.1 Å². The molecule has 0 aliphatic heterocycles. The fraction of sp³-hybridized carbons (Fsp3) is 0.120. The second-order valence-electron chi connectivity index (χ2n) is 6.89. The largest absolute Gasteiger partial charge is 0.484 e. The minimum absolute atomic E-state index is 0.152. The highest BCUT2D eigenvalue weighted by Gasteiger charge is 2.07. The smallest absolute Gasteiger partial charge is 0.258 e. The Balaban J connectivity index is 1.42. The van der Waals surface area contributed by atoms with Gasteiger partial charge in [0.1, 0.15) is 5.75 Å². The Morgan fingerprint density at radius 2 is 1.22 bits per heavy atom. The van der Waals surface area contributed by atoms with E-state index in [1.54, 1.807) is 72.8 Å². The fourth-order valence-corrected chi connectivity index (χ4v) is 2.78. The van der Waals surface area contributed by atoms with Crippen LogP contribution in [0.5, 0.6) is 5.75 Å². The maximum absolute atomic E-state index is 12.3. The Labute approximate surface area is 185 Å². The summed E-state index contributed by atoms with van der Waals surface area (Å²) in [7, 11) is 0. The number of hydrogen-bond donors (Lipinski definition) is 2. The van der Waals surface area contributed by atoms with E-state index in [-0.39, 0.29) is 18.4 Å². The number of hydrogen-bond acceptors (Lipinski definition) is 5. The van der Waals surface area contributed by atoms with Crippen LogP contribution in [0.4, 0.5) is 0 Å². The van der Waals surface area contributed by atoms with Gasteiger partial charge in [-0.2, -0.15) is 10.5 Å². The number of carbonyl (C=O) groups excluding carboxylic acids is 2. The van der Waals surface area contributed by atoms with E-state index in [4.69, 9.17) is 15.3 Å². The van der Waals surface area contributed by atoms with Crippen molar-refractivity contribution in [2.24, 2.45) is 0 Å². The van der Waals surface area contributed by atoms with Crippen LogP contribution in [0.15, 0.2) is 72.8 Å². The van der Waals surface area contributed by atoms with Crippen molar-refractivity contribution >= 4 is 11.8 Å². The molecule has 0 unspecified atom stereocenters. The third-order valence-electron chi connectivity index (χ3n) is 4.60. The summed E-state index contributed by atoms with van der Waals surface area (Å²) in [5, 5.41) is 23.2. The molecule has 0 fully saturated rings. The third-order valence-corrected chi connectivity index (χ3v) is 4.60. The first kappa shape index (κ1) is 22.1. The molecule has 0 aliphatic carbocycles. The molecule has 158 valence electrons. The van der Waals surface area contributed by atoms with Crippen molar-refractivity contribution < 1.29 is 14.3 Å². The number of nitrogens with zero attached hydrogens (tertiary/aromatic N) is 2. The van der Waals surface area contributed by atoms with Crippen molar-refractivity contribution in [3.05, 3.63) is 101 Å². The summed E-state index contributed by atoms with van der Waals surface area (Å²) in [6, 6.07) is 24.5. The standard InChI is InChI=1S/C25H20N4O3/c26-13-18-1-5-20(6-2-18)15-28-24(30)17-32-23-11-9-22(10-12-23)25(31)29-16-21-7-3-19(14-27)4-8-21/h1-12H,15-17H2,(H,28,30)(H,29,31). The zero-order chi connectivity index (χ0) is 22.8. The number of ether oxygens (including phenoxy) is 1. The SMILES string of the molecule is N#Cc1ccc(CNC(=O)COc2ccc(C(=O)NCc3ccc(C#N)cc3)cc2)cc1. The molecule has 0 saturated carbocycles. The van der Waals surface area contributed by atoms with Crippen molar-refractivity contribution in [1.82, 2.24) is 10.6 Å². The first-order valence-corrected chi connectivity index (χ1v) is 9.83. The average Bonchev–Trinajstić information content (AvgIpc) is 2.85. The van der Waals surface area contributed by atoms with Gasteiger partial charge in [-0.15, -0.1) is 0 Å². The summed E-state index contributed by atoms with van der Waals surface area (Å²) in [5.41, 5.74) is 3.38. The van der Waals surface area contributed by atoms with Gasteiger partial charge in [0, 0.05) is 18.7 Å². The Morgan fingerprint density at radius 1 is 0.719 bits per heavy atom. The topological polar surface area (TPSA) is 115 Å². The van der Waals surface area contributed by atoms with Crippen LogP contribution in [-0.4, -0.2) is 18.4 Å². The van der Waals surface area contributed by atoms with Crippen molar-refractivity contribution in [3.8, 4) is 17.9 Å². The summed E-state index contributed by atoms with van der Waals surface area (Å²) >= 11 is 0. The minimum atomic E-state index is -0.279. The lowest BCUT2D eigenvalue weighted by atomic mass is 10.1. The first-order valence-electron chi connectivity index (χ1n) is 9.83. The molecular formula is C25H20N4O3. The summed E-state index contributed by atoms with van der Waals surface area (Å²) in [4.78, 5) is 24.3. The Hall–Kier alpha value is -4.62. The molecule has 0 bridgehead atoms. The van der Waals surface area contributed by atoms with Gasteiger partial charge >= 0.3 is 0 Å². The van der Waals surface area contributed by atoms with E-state index in [9.17, 15) is 9.59 Å². The summed E-state index contributed by atoms with van der Waals surface area (Å²) in [6.07, 6.45) is 0. The van der Waals surface area contributed by atoms with Crippen LogP contribution in [0.25, 0.3) is 0 Å². The average molecular weight is 424 g/mol. The Morgan fingerprint density at radius 3 is 1.72 bits per heavy atom. The highest BCUT2D eigenvalue weighted by Crippen LogP contribution is 2.12. The van der Waals surface area contributed by atoms with Crippen molar-refractivity contribution in [3.63, 3.8) is 0 Å². The Kier molecular flexibility index (Phi) is 7.56. The predicted molar refractivity (Wildman–Crippen MR) is 117 cm³/mol. The van der Waals surface area contributed by atoms with Crippen LogP contribution >= 0.6 is 0 Å². The molecule has 0 radical (unpaired) electrons. The molecule has 7 heteroatoms. The zero-order valence-corrected chi connectivity index (χ0v) is 17.2. The molecule has 3 aromatic rings. The van der Waals surface area contributed by atoms with Crippen LogP contribution in [-0.2, 0) is 17.9 Å². The van der Waals surface area contributed by atoms with Gasteiger partial charge in [-0.25, -0.2) is 0 Å². The van der Waals surface area contributed by atoms with E-state index >= 15 is 0 Å². The molecule has 0 spiro atoms. The Bertz CT molecular complexity index is 1160. The van der Waals surface area contributed by atoms with Crippen LogP contribution in [0.3, 0.4) is 0 Å². The molecule has 2 amide bonds. The summed E-state index contributed by atoms with van der Waals surface area (Å²) in [5.74, 6) is -0.0400. The summed E-state index contributed by atoms with van der Waals surface area (Å²) in [6.45, 7) is 0.537. The normalized spacial score (nSPS) is 9.81. The minimum Gasteiger partial charge on any atom is -0.484 e. The van der Waals surface area contributed by atoms with Crippen LogP contribution in [0.1, 0.15) is 32.6 Å². The van der Waals surface area contributed by atoms with E-state index < -0.39 is 0 Å². The van der Waals surface area contributed by atoms with Crippen molar-refractivity contribution in [1.29, 1.82) is 10.5 Å². The van der Waals surface area contributed by atoms with E-state index in [0.29, 0.717) is 35.5 Å². The second kappa shape index (κ2) is 11.0. The fourth-order valence-electron chi connectivity index (χ4n) is 2.78. The third kappa shape index (κ3) is 6.45. The van der Waals surface area contributed by atoms with Gasteiger partial charge in [-0.05, 0) is 59.7 Å². The number of amides is 2. The number of carbonyl (C=O) groups is 2. The number of rotatable bonds is 8. The summed E-state index contributed by atoms with van der Waals surface area (Å²) < 4.78 is 5.47. The van der Waals surface area contributed by atoms with E-state index in [2.05, 4.69) is 16.7 Å². The van der Waals surface area contributed by atoms with Gasteiger partial charge in [0.05, 0.1) is 23.3 Å². The molecule has 0 saturated heterocycles. The number of benzene rings is 3. The van der Waals surface area contributed by atoms with Gasteiger partial charge in [-0.1, -0.05) is 24.3 Å². The first-order chi connectivity index (χ1) is 15.6. The second-order valence-corrected chi connectivity index (χ2v) is 6.89. The highest BCUT2D eigenvalue weighted by molar-refractivity contribution is 5.94. The van der Waals surface area contributed by atoms with Crippen LogP contribution in [0, 0.1) is 22.7 Å². The van der Waals surface area contributed by atoms with E-state index in [1.807, 2.05) is 6.07 Å². The van der Waals surface area contributed by atoms with Gasteiger partial charge in [0.2, 0.25) is 0 Å². The van der Waals surface area contributed by atoms with Gasteiger partial charge in [-0.3, -0.25) is 9.59 Å². The maximum Gasteiger partial charge on any atom is 0.258 e.